The van der Waals surface area contributed by atoms with Crippen molar-refractivity contribution in [2.24, 2.45) is 0 Å². The van der Waals surface area contributed by atoms with E-state index in [9.17, 15) is 48.5 Å². The Morgan fingerprint density at radius 1 is 0.920 bits per heavy atom. The monoisotopic (exact) mass is 414 g/mol. The van der Waals surface area contributed by atoms with E-state index in [-0.39, 0.29) is 0 Å². The van der Waals surface area contributed by atoms with Gasteiger partial charge in [0.25, 0.3) is 0 Å². The molecule has 4 nitrogen and oxygen atoms in total. The minimum absolute atomic E-state index is 1.05. The van der Waals surface area contributed by atoms with Gasteiger partial charge in [0.05, 0.1) is 6.67 Å². The lowest BCUT2D eigenvalue weighted by Crippen LogP contribution is -2.47. The maximum Gasteiger partial charge on any atom is 0.463 e. The fourth-order valence-electron chi connectivity index (χ4n) is 1.31. The van der Waals surface area contributed by atoms with E-state index in [1.807, 2.05) is 0 Å². The van der Waals surface area contributed by atoms with Crippen LogP contribution >= 0.6 is 7.37 Å². The number of alkyl halides is 10. The quantitative estimate of drug-likeness (QED) is 0.554. The van der Waals surface area contributed by atoms with Crippen molar-refractivity contribution >= 4 is 7.37 Å². The molecule has 0 fully saturated rings. The molecule has 15 heteroatoms. The molecule has 0 saturated heterocycles. The van der Waals surface area contributed by atoms with E-state index in [0.29, 0.717) is 0 Å². The van der Waals surface area contributed by atoms with Gasteiger partial charge in [0, 0.05) is 26.0 Å². The van der Waals surface area contributed by atoms with Gasteiger partial charge in [0.1, 0.15) is 0 Å². The molecule has 1 N–H and O–H groups in total. The first kappa shape index (κ1) is 23.8. The van der Waals surface area contributed by atoms with Crippen LogP contribution in [-0.4, -0.2) is 58.6 Å². The molecule has 1 rings (SSSR count). The SMILES string of the molecule is CCN1C=CN(C)C1.O=P(O)(C(F)(F)C(F)(F)F)C(F)(F)C(F)(F)F. The molecule has 0 bridgehead atoms. The Kier molecular flexibility index (Phi) is 6.88. The molecule has 0 atom stereocenters. The van der Waals surface area contributed by atoms with E-state index in [1.54, 1.807) is 0 Å². The van der Waals surface area contributed by atoms with Gasteiger partial charge in [-0.15, -0.1) is 0 Å². The first-order chi connectivity index (χ1) is 10.8. The van der Waals surface area contributed by atoms with Gasteiger partial charge in [0.15, 0.2) is 0 Å². The van der Waals surface area contributed by atoms with Crippen molar-refractivity contribution in [1.29, 1.82) is 0 Å². The van der Waals surface area contributed by atoms with Crippen molar-refractivity contribution in [2.45, 2.75) is 30.6 Å². The predicted octanol–water partition coefficient (Wildman–Crippen LogP) is 4.25. The Hall–Kier alpha value is -1.17. The zero-order valence-electron chi connectivity index (χ0n) is 12.5. The fraction of sp³-hybridized carbons (Fsp3) is 0.800. The lowest BCUT2D eigenvalue weighted by atomic mass is 10.6. The number of rotatable bonds is 3. The molecule has 0 aromatic carbocycles. The van der Waals surface area contributed by atoms with Gasteiger partial charge in [-0.05, 0) is 6.92 Å². The van der Waals surface area contributed by atoms with Crippen molar-refractivity contribution in [1.82, 2.24) is 9.80 Å². The van der Waals surface area contributed by atoms with Crippen LogP contribution in [-0.2, 0) is 4.57 Å². The summed E-state index contributed by atoms with van der Waals surface area (Å²) in [6, 6.07) is 0. The normalized spacial score (nSPS) is 16.8. The second-order valence-electron chi connectivity index (χ2n) is 4.76. The first-order valence-electron chi connectivity index (χ1n) is 6.17. The smallest absolute Gasteiger partial charge is 0.362 e. The molecular weight excluding hydrogens is 401 g/mol. The Labute approximate surface area is 135 Å². The second kappa shape index (κ2) is 7.22. The largest absolute Gasteiger partial charge is 0.463 e. The van der Waals surface area contributed by atoms with Crippen LogP contribution < -0.4 is 0 Å². The molecule has 0 saturated carbocycles. The molecule has 1 heterocycles. The molecule has 1 aliphatic rings. The number of hydrogen-bond donors (Lipinski definition) is 1. The summed E-state index contributed by atoms with van der Waals surface area (Å²) in [5.41, 5.74) is -14.2. The summed E-state index contributed by atoms with van der Waals surface area (Å²) in [6.45, 7) is 4.32. The lowest BCUT2D eigenvalue weighted by Gasteiger charge is -2.30. The molecule has 25 heavy (non-hydrogen) atoms. The predicted molar refractivity (Wildman–Crippen MR) is 66.0 cm³/mol. The molecular formula is C10H13F10N2O2P. The van der Waals surface area contributed by atoms with Crippen molar-refractivity contribution in [2.75, 3.05) is 20.3 Å². The van der Waals surface area contributed by atoms with Crippen molar-refractivity contribution in [3.63, 3.8) is 0 Å². The highest BCUT2D eigenvalue weighted by molar-refractivity contribution is 7.60. The third kappa shape index (κ3) is 4.72. The van der Waals surface area contributed by atoms with Gasteiger partial charge in [-0.1, -0.05) is 0 Å². The van der Waals surface area contributed by atoms with Gasteiger partial charge in [-0.25, -0.2) is 0 Å². The summed E-state index contributed by atoms with van der Waals surface area (Å²) in [7, 11) is -6.18. The van der Waals surface area contributed by atoms with Crippen LogP contribution in [0.3, 0.4) is 0 Å². The van der Waals surface area contributed by atoms with Crippen LogP contribution in [0.5, 0.6) is 0 Å². The highest BCUT2D eigenvalue weighted by atomic mass is 31.2. The molecule has 1 aliphatic heterocycles. The number of halogens is 10. The summed E-state index contributed by atoms with van der Waals surface area (Å²) in [6.07, 6.45) is -9.85. The van der Waals surface area contributed by atoms with E-state index in [4.69, 9.17) is 4.89 Å². The Balaban J connectivity index is 0.000000593. The number of nitrogens with zero attached hydrogens (tertiary/aromatic N) is 2. The summed E-state index contributed by atoms with van der Waals surface area (Å²) in [5, 5.41) is 0. The van der Waals surface area contributed by atoms with E-state index < -0.39 is 31.0 Å². The summed E-state index contributed by atoms with van der Waals surface area (Å²) in [4.78, 5) is 12.3. The van der Waals surface area contributed by atoms with Crippen molar-refractivity contribution < 1.29 is 53.4 Å². The number of hydrogen-bond acceptors (Lipinski definition) is 3. The van der Waals surface area contributed by atoms with Gasteiger partial charge in [-0.2, -0.15) is 43.9 Å². The molecule has 0 radical (unpaired) electrons. The summed E-state index contributed by atoms with van der Waals surface area (Å²) < 4.78 is 127. The zero-order valence-corrected chi connectivity index (χ0v) is 13.4. The van der Waals surface area contributed by atoms with E-state index in [0.717, 1.165) is 13.2 Å². The zero-order chi connectivity index (χ0) is 20.5. The topological polar surface area (TPSA) is 43.8 Å². The standard InChI is InChI=1S/C6H12N2.C4HF10O2P/c1-3-8-5-4-7(2)6-8;5-1(6,7)3(11,12)17(15,16)4(13,14)2(8,9)10/h4-5H,3,6H2,1-2H3;(H,15,16). The highest BCUT2D eigenvalue weighted by Crippen LogP contribution is 2.74. The van der Waals surface area contributed by atoms with Crippen LogP contribution in [0.25, 0.3) is 0 Å². The van der Waals surface area contributed by atoms with Gasteiger partial charge in [-0.3, -0.25) is 4.57 Å². The Bertz CT molecular complexity index is 501. The van der Waals surface area contributed by atoms with Crippen LogP contribution in [0.15, 0.2) is 12.4 Å². The molecule has 0 aliphatic carbocycles. The van der Waals surface area contributed by atoms with Gasteiger partial charge >= 0.3 is 31.0 Å². The maximum atomic E-state index is 12.1. The molecule has 0 unspecified atom stereocenters. The van der Waals surface area contributed by atoms with Crippen LogP contribution in [0.1, 0.15) is 6.92 Å². The van der Waals surface area contributed by atoms with Crippen molar-refractivity contribution in [3.8, 4) is 0 Å². The van der Waals surface area contributed by atoms with E-state index >= 15 is 0 Å². The van der Waals surface area contributed by atoms with Gasteiger partial charge in [0.2, 0.25) is 0 Å². The summed E-state index contributed by atoms with van der Waals surface area (Å²) in [5.74, 6) is 0. The molecule has 0 spiro atoms. The van der Waals surface area contributed by atoms with Crippen LogP contribution in [0.4, 0.5) is 43.9 Å². The van der Waals surface area contributed by atoms with E-state index in [1.165, 1.54) is 0 Å². The summed E-state index contributed by atoms with van der Waals surface area (Å²) >= 11 is 0. The molecule has 0 aromatic rings. The maximum absolute atomic E-state index is 12.1. The van der Waals surface area contributed by atoms with Gasteiger partial charge < -0.3 is 14.7 Å². The second-order valence-corrected chi connectivity index (χ2v) is 7.03. The highest BCUT2D eigenvalue weighted by Gasteiger charge is 2.83. The average Bonchev–Trinajstić information content (AvgIpc) is 2.82. The third-order valence-electron chi connectivity index (χ3n) is 2.79. The van der Waals surface area contributed by atoms with Crippen LogP contribution in [0.2, 0.25) is 0 Å². The molecule has 0 amide bonds. The minimum Gasteiger partial charge on any atom is -0.362 e. The Morgan fingerprint density at radius 3 is 1.44 bits per heavy atom. The molecule has 0 aromatic heterocycles. The van der Waals surface area contributed by atoms with E-state index in [2.05, 4.69) is 36.2 Å². The van der Waals surface area contributed by atoms with Crippen molar-refractivity contribution in [3.05, 3.63) is 12.4 Å². The average molecular weight is 414 g/mol. The lowest BCUT2D eigenvalue weighted by molar-refractivity contribution is -0.270. The third-order valence-corrected chi connectivity index (χ3v) is 4.82. The molecule has 150 valence electrons. The Morgan fingerprint density at radius 2 is 1.28 bits per heavy atom. The minimum atomic E-state index is -8.26. The first-order valence-corrected chi connectivity index (χ1v) is 7.83. The fourth-order valence-corrected chi connectivity index (χ4v) is 2.35. The van der Waals surface area contributed by atoms with Crippen LogP contribution in [0, 0.1) is 0 Å².